The summed E-state index contributed by atoms with van der Waals surface area (Å²) >= 11 is 0. The molecule has 1 fully saturated rings. The fraction of sp³-hybridized carbons (Fsp3) is 0.381. The molecule has 1 atom stereocenters. The second-order valence-corrected chi connectivity index (χ2v) is 7.47. The molecule has 0 saturated carbocycles. The summed E-state index contributed by atoms with van der Waals surface area (Å²) in [4.78, 5) is 25.9. The lowest BCUT2D eigenvalue weighted by molar-refractivity contribution is -0.384. The number of nitro groups is 1. The first-order chi connectivity index (χ1) is 14.0. The highest BCUT2D eigenvalue weighted by Gasteiger charge is 2.25. The molecule has 2 aliphatic heterocycles. The molecule has 0 radical (unpaired) electrons. The summed E-state index contributed by atoms with van der Waals surface area (Å²) in [5.74, 6) is 1.27. The van der Waals surface area contributed by atoms with Gasteiger partial charge in [-0.2, -0.15) is 0 Å². The van der Waals surface area contributed by atoms with Crippen LogP contribution < -0.4 is 19.7 Å². The summed E-state index contributed by atoms with van der Waals surface area (Å²) in [6, 6.07) is 9.78. The van der Waals surface area contributed by atoms with Crippen LogP contribution in [0.4, 0.5) is 17.1 Å². The van der Waals surface area contributed by atoms with Gasteiger partial charge in [0.25, 0.3) is 11.6 Å². The predicted octanol–water partition coefficient (Wildman–Crippen LogP) is 3.85. The van der Waals surface area contributed by atoms with E-state index in [2.05, 4.69) is 12.2 Å². The van der Waals surface area contributed by atoms with E-state index in [1.54, 1.807) is 30.3 Å². The van der Waals surface area contributed by atoms with Crippen LogP contribution in [-0.2, 0) is 0 Å². The van der Waals surface area contributed by atoms with Crippen molar-refractivity contribution >= 4 is 23.0 Å². The van der Waals surface area contributed by atoms with Gasteiger partial charge in [0.2, 0.25) is 0 Å². The number of nitro benzene ring substituents is 1. The number of benzene rings is 2. The number of amides is 1. The average Bonchev–Trinajstić information content (AvgIpc) is 2.73. The van der Waals surface area contributed by atoms with Gasteiger partial charge in [0.1, 0.15) is 18.9 Å². The Bertz CT molecular complexity index is 946. The summed E-state index contributed by atoms with van der Waals surface area (Å²) in [5.41, 5.74) is 1.29. The SMILES string of the molecule is CC1CCCN(c2ccc(C(=O)Nc3ccc4c(c3)OCCO4)cc2[N+](=O)[O-])C1. The molecule has 2 aromatic carbocycles. The van der Waals surface area contributed by atoms with E-state index in [9.17, 15) is 14.9 Å². The Hall–Kier alpha value is -3.29. The molecule has 2 aliphatic rings. The van der Waals surface area contributed by atoms with Crippen molar-refractivity contribution in [3.63, 3.8) is 0 Å². The number of nitrogens with zero attached hydrogens (tertiary/aromatic N) is 2. The van der Waals surface area contributed by atoms with E-state index in [0.29, 0.717) is 42.0 Å². The Morgan fingerprint density at radius 2 is 1.97 bits per heavy atom. The summed E-state index contributed by atoms with van der Waals surface area (Å²) in [7, 11) is 0. The third-order valence-corrected chi connectivity index (χ3v) is 5.23. The standard InChI is InChI=1S/C21H23N3O5/c1-14-3-2-8-23(13-14)17-6-4-15(11-18(17)24(26)27)21(25)22-16-5-7-19-20(12-16)29-10-9-28-19/h4-7,11-12,14H,2-3,8-10,13H2,1H3,(H,22,25). The average molecular weight is 397 g/mol. The van der Waals surface area contributed by atoms with Gasteiger partial charge in [0, 0.05) is 36.5 Å². The fourth-order valence-electron chi connectivity index (χ4n) is 3.81. The maximum Gasteiger partial charge on any atom is 0.293 e. The second kappa shape index (κ2) is 7.98. The lowest BCUT2D eigenvalue weighted by Gasteiger charge is -2.32. The summed E-state index contributed by atoms with van der Waals surface area (Å²) < 4.78 is 11.0. The number of carbonyl (C=O) groups excluding carboxylic acids is 1. The predicted molar refractivity (Wildman–Crippen MR) is 109 cm³/mol. The highest BCUT2D eigenvalue weighted by atomic mass is 16.6. The van der Waals surface area contributed by atoms with Crippen LogP contribution in [0.5, 0.6) is 11.5 Å². The molecule has 1 N–H and O–H groups in total. The highest BCUT2D eigenvalue weighted by molar-refractivity contribution is 6.05. The van der Waals surface area contributed by atoms with Crippen molar-refractivity contribution < 1.29 is 19.2 Å². The topological polar surface area (TPSA) is 93.9 Å². The van der Waals surface area contributed by atoms with Crippen molar-refractivity contribution in [2.24, 2.45) is 5.92 Å². The van der Waals surface area contributed by atoms with Gasteiger partial charge in [-0.25, -0.2) is 0 Å². The number of nitrogens with one attached hydrogen (secondary N) is 1. The third kappa shape index (κ3) is 4.11. The molecule has 0 aliphatic carbocycles. The van der Waals surface area contributed by atoms with Crippen LogP contribution in [0.25, 0.3) is 0 Å². The van der Waals surface area contributed by atoms with Crippen molar-refractivity contribution in [2.75, 3.05) is 36.5 Å². The molecule has 29 heavy (non-hydrogen) atoms. The van der Waals surface area contributed by atoms with Crippen LogP contribution in [0.1, 0.15) is 30.1 Å². The first-order valence-corrected chi connectivity index (χ1v) is 9.75. The third-order valence-electron chi connectivity index (χ3n) is 5.23. The number of fused-ring (bicyclic) bond motifs is 1. The molecular weight excluding hydrogens is 374 g/mol. The van der Waals surface area contributed by atoms with Crippen molar-refractivity contribution in [1.82, 2.24) is 0 Å². The Labute approximate surface area is 168 Å². The van der Waals surface area contributed by atoms with Gasteiger partial charge in [-0.3, -0.25) is 14.9 Å². The lowest BCUT2D eigenvalue weighted by atomic mass is 9.99. The van der Waals surface area contributed by atoms with E-state index in [4.69, 9.17) is 9.47 Å². The number of rotatable bonds is 4. The number of anilines is 2. The van der Waals surface area contributed by atoms with Crippen LogP contribution in [0.15, 0.2) is 36.4 Å². The molecule has 2 aromatic rings. The maximum absolute atomic E-state index is 12.7. The van der Waals surface area contributed by atoms with Crippen LogP contribution in [0.3, 0.4) is 0 Å². The smallest absolute Gasteiger partial charge is 0.293 e. The van der Waals surface area contributed by atoms with E-state index in [1.165, 1.54) is 6.07 Å². The molecular formula is C21H23N3O5. The fourth-order valence-corrected chi connectivity index (χ4v) is 3.81. The quantitative estimate of drug-likeness (QED) is 0.622. The van der Waals surface area contributed by atoms with E-state index >= 15 is 0 Å². The van der Waals surface area contributed by atoms with Gasteiger partial charge < -0.3 is 19.7 Å². The van der Waals surface area contributed by atoms with Crippen molar-refractivity contribution in [3.8, 4) is 11.5 Å². The van der Waals surface area contributed by atoms with E-state index in [0.717, 1.165) is 25.9 Å². The van der Waals surface area contributed by atoms with E-state index in [-0.39, 0.29) is 11.3 Å². The van der Waals surface area contributed by atoms with Crippen LogP contribution in [-0.4, -0.2) is 37.1 Å². The first kappa shape index (κ1) is 19.0. The van der Waals surface area contributed by atoms with Crippen molar-refractivity contribution in [3.05, 3.63) is 52.1 Å². The van der Waals surface area contributed by atoms with Crippen LogP contribution in [0.2, 0.25) is 0 Å². The lowest BCUT2D eigenvalue weighted by Crippen LogP contribution is -2.34. The largest absolute Gasteiger partial charge is 0.486 e. The minimum absolute atomic E-state index is 0.0473. The van der Waals surface area contributed by atoms with Gasteiger partial charge >= 0.3 is 0 Å². The maximum atomic E-state index is 12.7. The number of hydrogen-bond acceptors (Lipinski definition) is 6. The number of hydrogen-bond donors (Lipinski definition) is 1. The summed E-state index contributed by atoms with van der Waals surface area (Å²) in [6.45, 7) is 4.66. The zero-order valence-electron chi connectivity index (χ0n) is 16.2. The normalized spacial score (nSPS) is 18.2. The highest BCUT2D eigenvalue weighted by Crippen LogP contribution is 2.34. The minimum Gasteiger partial charge on any atom is -0.486 e. The molecule has 8 heteroatoms. The summed E-state index contributed by atoms with van der Waals surface area (Å²) in [6.07, 6.45) is 2.13. The van der Waals surface area contributed by atoms with Gasteiger partial charge in [0.05, 0.1) is 4.92 Å². The zero-order chi connectivity index (χ0) is 20.4. The van der Waals surface area contributed by atoms with Gasteiger partial charge in [-0.15, -0.1) is 0 Å². The molecule has 0 bridgehead atoms. The van der Waals surface area contributed by atoms with Gasteiger partial charge in [-0.05, 0) is 43.0 Å². The molecule has 4 rings (SSSR count). The Kier molecular flexibility index (Phi) is 5.24. The van der Waals surface area contributed by atoms with Gasteiger partial charge in [0.15, 0.2) is 11.5 Å². The minimum atomic E-state index is -0.421. The van der Waals surface area contributed by atoms with Crippen LogP contribution in [0, 0.1) is 16.0 Å². The molecule has 0 spiro atoms. The van der Waals surface area contributed by atoms with Crippen LogP contribution >= 0.6 is 0 Å². The van der Waals surface area contributed by atoms with Crippen molar-refractivity contribution in [2.45, 2.75) is 19.8 Å². The van der Waals surface area contributed by atoms with Crippen molar-refractivity contribution in [1.29, 1.82) is 0 Å². The number of carbonyl (C=O) groups is 1. The Morgan fingerprint density at radius 1 is 1.17 bits per heavy atom. The molecule has 1 saturated heterocycles. The zero-order valence-corrected chi connectivity index (χ0v) is 16.2. The molecule has 152 valence electrons. The number of ether oxygens (including phenoxy) is 2. The molecule has 0 aromatic heterocycles. The monoisotopic (exact) mass is 397 g/mol. The van der Waals surface area contributed by atoms with E-state index in [1.807, 2.05) is 4.90 Å². The first-order valence-electron chi connectivity index (χ1n) is 9.75. The van der Waals surface area contributed by atoms with Gasteiger partial charge in [-0.1, -0.05) is 6.92 Å². The Morgan fingerprint density at radius 3 is 2.72 bits per heavy atom. The number of piperidine rings is 1. The Balaban J connectivity index is 1.55. The molecule has 8 nitrogen and oxygen atoms in total. The summed E-state index contributed by atoms with van der Waals surface area (Å²) in [5, 5.41) is 14.4. The second-order valence-electron chi connectivity index (χ2n) is 7.47. The van der Waals surface area contributed by atoms with E-state index < -0.39 is 10.8 Å². The molecule has 2 heterocycles. The molecule has 1 amide bonds. The molecule has 1 unspecified atom stereocenters.